The van der Waals surface area contributed by atoms with Crippen molar-refractivity contribution in [3.63, 3.8) is 0 Å². The Morgan fingerprint density at radius 1 is 1.50 bits per heavy atom. The molecule has 0 aliphatic carbocycles. The summed E-state index contributed by atoms with van der Waals surface area (Å²) in [4.78, 5) is 15.6. The van der Waals surface area contributed by atoms with Crippen LogP contribution in [0.1, 0.15) is 22.8 Å². The van der Waals surface area contributed by atoms with Crippen molar-refractivity contribution >= 4 is 5.97 Å². The first-order chi connectivity index (χ1) is 9.69. The van der Waals surface area contributed by atoms with Crippen LogP contribution >= 0.6 is 0 Å². The van der Waals surface area contributed by atoms with E-state index in [-0.39, 0.29) is 0 Å². The molecule has 0 unspecified atom stereocenters. The number of esters is 1. The van der Waals surface area contributed by atoms with Gasteiger partial charge in [-0.05, 0) is 6.92 Å². The maximum atomic E-state index is 11.5. The van der Waals surface area contributed by atoms with Gasteiger partial charge < -0.3 is 9.47 Å². The van der Waals surface area contributed by atoms with Crippen molar-refractivity contribution in [1.29, 1.82) is 5.26 Å². The number of carbonyl (C=O) groups excluding carboxylic acids is 1. The summed E-state index contributed by atoms with van der Waals surface area (Å²) in [7, 11) is 1.47. The van der Waals surface area contributed by atoms with Crippen LogP contribution in [0, 0.1) is 11.3 Å². The lowest BCUT2D eigenvalue weighted by Crippen LogP contribution is -2.03. The van der Waals surface area contributed by atoms with Gasteiger partial charge in [-0.2, -0.15) is 10.4 Å². The van der Waals surface area contributed by atoms with E-state index in [1.54, 1.807) is 13.0 Å². The minimum atomic E-state index is -0.445. The zero-order valence-electron chi connectivity index (χ0n) is 11.0. The summed E-state index contributed by atoms with van der Waals surface area (Å²) in [6.45, 7) is 2.03. The highest BCUT2D eigenvalue weighted by atomic mass is 16.5. The molecule has 7 nitrogen and oxygen atoms in total. The van der Waals surface area contributed by atoms with Gasteiger partial charge in [-0.3, -0.25) is 0 Å². The Morgan fingerprint density at radius 3 is 2.95 bits per heavy atom. The van der Waals surface area contributed by atoms with E-state index in [0.29, 0.717) is 29.3 Å². The van der Waals surface area contributed by atoms with E-state index in [4.69, 9.17) is 14.7 Å². The minimum Gasteiger partial charge on any atom is -0.495 e. The number of nitrogens with zero attached hydrogens (tertiary/aromatic N) is 4. The normalized spacial score (nSPS) is 9.85. The van der Waals surface area contributed by atoms with Crippen LogP contribution in [0.25, 0.3) is 5.82 Å². The van der Waals surface area contributed by atoms with Gasteiger partial charge in [0.25, 0.3) is 0 Å². The quantitative estimate of drug-likeness (QED) is 0.780. The van der Waals surface area contributed by atoms with Crippen molar-refractivity contribution < 1.29 is 14.3 Å². The molecular formula is C13H12N4O3. The van der Waals surface area contributed by atoms with Gasteiger partial charge in [0.2, 0.25) is 0 Å². The molecule has 0 bridgehead atoms. The second-order valence-electron chi connectivity index (χ2n) is 3.75. The van der Waals surface area contributed by atoms with Crippen LogP contribution in [-0.4, -0.2) is 34.5 Å². The minimum absolute atomic E-state index is 0.299. The van der Waals surface area contributed by atoms with Gasteiger partial charge in [0.05, 0.1) is 31.7 Å². The van der Waals surface area contributed by atoms with Crippen LogP contribution in [-0.2, 0) is 4.74 Å². The van der Waals surface area contributed by atoms with Crippen molar-refractivity contribution in [3.05, 3.63) is 35.8 Å². The summed E-state index contributed by atoms with van der Waals surface area (Å²) in [5.74, 6) is 0.390. The van der Waals surface area contributed by atoms with Crippen molar-refractivity contribution in [3.8, 4) is 17.6 Å². The van der Waals surface area contributed by atoms with Gasteiger partial charge in [-0.25, -0.2) is 14.5 Å². The molecule has 2 aromatic heterocycles. The first-order valence-corrected chi connectivity index (χ1v) is 5.86. The molecule has 2 rings (SSSR count). The number of nitriles is 1. The second-order valence-corrected chi connectivity index (χ2v) is 3.75. The largest absolute Gasteiger partial charge is 0.495 e. The lowest BCUT2D eigenvalue weighted by Gasteiger charge is -2.05. The summed E-state index contributed by atoms with van der Waals surface area (Å²) in [6.07, 6.45) is 4.29. The van der Waals surface area contributed by atoms with E-state index in [1.807, 2.05) is 6.07 Å². The zero-order chi connectivity index (χ0) is 14.5. The van der Waals surface area contributed by atoms with Crippen molar-refractivity contribution in [2.75, 3.05) is 13.7 Å². The monoisotopic (exact) mass is 272 g/mol. The van der Waals surface area contributed by atoms with E-state index in [9.17, 15) is 4.79 Å². The van der Waals surface area contributed by atoms with E-state index < -0.39 is 5.97 Å². The Kier molecular flexibility index (Phi) is 3.96. The predicted octanol–water partition coefficient (Wildman–Crippen LogP) is 1.32. The third-order valence-electron chi connectivity index (χ3n) is 2.52. The van der Waals surface area contributed by atoms with Gasteiger partial charge in [-0.1, -0.05) is 0 Å². The number of hydrogen-bond donors (Lipinski definition) is 0. The van der Waals surface area contributed by atoms with Crippen LogP contribution < -0.4 is 4.74 Å². The van der Waals surface area contributed by atoms with Crippen molar-refractivity contribution in [2.24, 2.45) is 0 Å². The standard InChI is InChI=1S/C13H12N4O3/c1-3-20-13(18)10-7-16-17(8-10)12-4-11(19-2)9(5-14)6-15-12/h4,6-8H,3H2,1-2H3. The molecule has 0 amide bonds. The Hall–Kier alpha value is -2.88. The molecule has 2 heterocycles. The Labute approximate surface area is 115 Å². The molecule has 20 heavy (non-hydrogen) atoms. The smallest absolute Gasteiger partial charge is 0.341 e. The number of rotatable bonds is 4. The Balaban J connectivity index is 2.33. The summed E-state index contributed by atoms with van der Waals surface area (Å²) in [5.41, 5.74) is 0.658. The van der Waals surface area contributed by atoms with E-state index in [0.717, 1.165) is 0 Å². The number of methoxy groups -OCH3 is 1. The molecule has 0 spiro atoms. The fraction of sp³-hybridized carbons (Fsp3) is 0.231. The summed E-state index contributed by atoms with van der Waals surface area (Å²) in [5, 5.41) is 12.9. The molecule has 102 valence electrons. The zero-order valence-corrected chi connectivity index (χ0v) is 11.0. The molecule has 0 saturated heterocycles. The van der Waals surface area contributed by atoms with Crippen LogP contribution in [0.15, 0.2) is 24.7 Å². The molecular weight excluding hydrogens is 260 g/mol. The van der Waals surface area contributed by atoms with E-state index in [2.05, 4.69) is 10.1 Å². The van der Waals surface area contributed by atoms with Crippen LogP contribution in [0.2, 0.25) is 0 Å². The maximum absolute atomic E-state index is 11.5. The topological polar surface area (TPSA) is 90.0 Å². The third-order valence-corrected chi connectivity index (χ3v) is 2.52. The fourth-order valence-electron chi connectivity index (χ4n) is 1.57. The SMILES string of the molecule is CCOC(=O)c1cnn(-c2cc(OC)c(C#N)cn2)c1. The Bertz CT molecular complexity index is 672. The molecule has 0 N–H and O–H groups in total. The lowest BCUT2D eigenvalue weighted by atomic mass is 10.3. The highest BCUT2D eigenvalue weighted by Gasteiger charge is 2.12. The van der Waals surface area contributed by atoms with Crippen LogP contribution in [0.4, 0.5) is 0 Å². The number of hydrogen-bond acceptors (Lipinski definition) is 6. The summed E-state index contributed by atoms with van der Waals surface area (Å²) < 4.78 is 11.4. The maximum Gasteiger partial charge on any atom is 0.341 e. The van der Waals surface area contributed by atoms with Crippen LogP contribution in [0.5, 0.6) is 5.75 Å². The van der Waals surface area contributed by atoms with E-state index >= 15 is 0 Å². The molecule has 0 aromatic carbocycles. The molecule has 0 fully saturated rings. The number of ether oxygens (including phenoxy) is 2. The molecule has 2 aromatic rings. The lowest BCUT2D eigenvalue weighted by molar-refractivity contribution is 0.0526. The number of pyridine rings is 1. The highest BCUT2D eigenvalue weighted by Crippen LogP contribution is 2.19. The van der Waals surface area contributed by atoms with Gasteiger partial charge in [-0.15, -0.1) is 0 Å². The fourth-order valence-corrected chi connectivity index (χ4v) is 1.57. The number of aromatic nitrogens is 3. The predicted molar refractivity (Wildman–Crippen MR) is 68.6 cm³/mol. The summed E-state index contributed by atoms with van der Waals surface area (Å²) in [6, 6.07) is 3.54. The van der Waals surface area contributed by atoms with Crippen molar-refractivity contribution in [2.45, 2.75) is 6.92 Å². The molecule has 0 saturated carbocycles. The molecule has 0 radical (unpaired) electrons. The second kappa shape index (κ2) is 5.84. The Morgan fingerprint density at radius 2 is 2.30 bits per heavy atom. The average Bonchev–Trinajstić information content (AvgIpc) is 2.96. The molecule has 0 aliphatic rings. The van der Waals surface area contributed by atoms with Crippen LogP contribution in [0.3, 0.4) is 0 Å². The first-order valence-electron chi connectivity index (χ1n) is 5.86. The average molecular weight is 272 g/mol. The van der Waals surface area contributed by atoms with Gasteiger partial charge >= 0.3 is 5.97 Å². The van der Waals surface area contributed by atoms with E-state index in [1.165, 1.54) is 30.4 Å². The van der Waals surface area contributed by atoms with Gasteiger partial charge in [0.15, 0.2) is 5.82 Å². The molecule has 0 atom stereocenters. The number of carbonyl (C=O) groups is 1. The van der Waals surface area contributed by atoms with Gasteiger partial charge in [0.1, 0.15) is 17.4 Å². The molecule has 7 heteroatoms. The third kappa shape index (κ3) is 2.59. The molecule has 0 aliphatic heterocycles. The summed E-state index contributed by atoms with van der Waals surface area (Å²) >= 11 is 0. The first kappa shape index (κ1) is 13.5. The van der Waals surface area contributed by atoms with Crippen molar-refractivity contribution in [1.82, 2.24) is 14.8 Å². The van der Waals surface area contributed by atoms with Gasteiger partial charge in [0, 0.05) is 12.3 Å². The highest BCUT2D eigenvalue weighted by molar-refractivity contribution is 5.88.